The van der Waals surface area contributed by atoms with Gasteiger partial charge in [-0.2, -0.15) is 0 Å². The Kier molecular flexibility index (Phi) is 3.60. The molecule has 1 aliphatic heterocycles. The third-order valence-electron chi connectivity index (χ3n) is 3.97. The highest BCUT2D eigenvalue weighted by molar-refractivity contribution is 5.99. The van der Waals surface area contributed by atoms with Crippen molar-refractivity contribution >= 4 is 22.4 Å². The minimum Gasteiger partial charge on any atom is -0.396 e. The van der Waals surface area contributed by atoms with Crippen molar-refractivity contribution in [3.8, 4) is 11.8 Å². The van der Waals surface area contributed by atoms with E-state index in [2.05, 4.69) is 27.1 Å². The zero-order valence-corrected chi connectivity index (χ0v) is 13.1. The number of aliphatic imine (C=N–C) groups is 1. The number of nitrogen functional groups attached to an aromatic ring is 1. The first-order valence-corrected chi connectivity index (χ1v) is 7.85. The van der Waals surface area contributed by atoms with Crippen LogP contribution in [0.2, 0.25) is 0 Å². The van der Waals surface area contributed by atoms with Crippen LogP contribution < -0.4 is 11.1 Å². The first-order chi connectivity index (χ1) is 11.8. The predicted octanol–water partition coefficient (Wildman–Crippen LogP) is 2.57. The van der Waals surface area contributed by atoms with Crippen molar-refractivity contribution < 1.29 is 0 Å². The summed E-state index contributed by atoms with van der Waals surface area (Å²) in [6.07, 6.45) is 1.67. The topological polar surface area (TPSA) is 63.3 Å². The fourth-order valence-corrected chi connectivity index (χ4v) is 2.73. The summed E-state index contributed by atoms with van der Waals surface area (Å²) in [6.45, 7) is 1.75. The van der Waals surface area contributed by atoms with Crippen molar-refractivity contribution in [2.45, 2.75) is 0 Å². The summed E-state index contributed by atoms with van der Waals surface area (Å²) < 4.78 is 0. The third-order valence-corrected chi connectivity index (χ3v) is 3.97. The lowest BCUT2D eigenvalue weighted by Crippen LogP contribution is -2.19. The minimum absolute atomic E-state index is 0.599. The summed E-state index contributed by atoms with van der Waals surface area (Å²) >= 11 is 0. The van der Waals surface area contributed by atoms with E-state index < -0.39 is 0 Å². The van der Waals surface area contributed by atoms with Gasteiger partial charge in [0.1, 0.15) is 5.84 Å². The number of anilines is 1. The Morgan fingerprint density at radius 1 is 1.00 bits per heavy atom. The van der Waals surface area contributed by atoms with E-state index >= 15 is 0 Å². The van der Waals surface area contributed by atoms with E-state index in [4.69, 9.17) is 5.73 Å². The monoisotopic (exact) mass is 312 g/mol. The first kappa shape index (κ1) is 14.3. The number of nitrogens with zero attached hydrogens (tertiary/aromatic N) is 2. The summed E-state index contributed by atoms with van der Waals surface area (Å²) in [6, 6.07) is 16.0. The smallest absolute Gasteiger partial charge is 0.128 e. The van der Waals surface area contributed by atoms with Crippen molar-refractivity contribution in [3.05, 3.63) is 71.4 Å². The molecule has 3 aromatic rings. The Hall–Kier alpha value is -3.32. The number of pyridine rings is 1. The van der Waals surface area contributed by atoms with Crippen LogP contribution in [0, 0.1) is 11.8 Å². The number of hydrogen-bond acceptors (Lipinski definition) is 4. The van der Waals surface area contributed by atoms with E-state index in [9.17, 15) is 0 Å². The van der Waals surface area contributed by atoms with Crippen molar-refractivity contribution in [1.82, 2.24) is 10.3 Å². The van der Waals surface area contributed by atoms with Crippen molar-refractivity contribution in [2.24, 2.45) is 4.99 Å². The third kappa shape index (κ3) is 2.68. The number of nitrogens with one attached hydrogen (secondary N) is 1. The Bertz CT molecular complexity index is 992. The van der Waals surface area contributed by atoms with Crippen LogP contribution in [0.3, 0.4) is 0 Å². The Morgan fingerprint density at radius 2 is 1.83 bits per heavy atom. The summed E-state index contributed by atoms with van der Waals surface area (Å²) in [5.41, 5.74) is 10.4. The molecule has 0 fully saturated rings. The molecule has 4 heteroatoms. The molecule has 0 saturated carbocycles. The molecule has 2 aromatic carbocycles. The van der Waals surface area contributed by atoms with Gasteiger partial charge in [0.05, 0.1) is 29.5 Å². The average molecular weight is 312 g/mol. The summed E-state index contributed by atoms with van der Waals surface area (Å²) in [4.78, 5) is 8.76. The van der Waals surface area contributed by atoms with Crippen molar-refractivity contribution in [2.75, 3.05) is 18.8 Å². The number of hydrogen-bond donors (Lipinski definition) is 2. The van der Waals surface area contributed by atoms with Crippen molar-refractivity contribution in [1.29, 1.82) is 0 Å². The molecule has 0 bridgehead atoms. The van der Waals surface area contributed by atoms with E-state index in [-0.39, 0.29) is 0 Å². The molecule has 0 atom stereocenters. The molecular formula is C20H16N4. The normalized spacial score (nSPS) is 13.1. The van der Waals surface area contributed by atoms with E-state index in [0.717, 1.165) is 46.5 Å². The number of rotatable bonds is 1. The van der Waals surface area contributed by atoms with Gasteiger partial charge in [0.15, 0.2) is 0 Å². The maximum atomic E-state index is 6.07. The molecular weight excluding hydrogens is 296 g/mol. The number of para-hydroxylation sites is 1. The Balaban J connectivity index is 1.68. The van der Waals surface area contributed by atoms with Gasteiger partial charge in [-0.3, -0.25) is 9.98 Å². The van der Waals surface area contributed by atoms with Crippen LogP contribution in [0.1, 0.15) is 16.7 Å². The van der Waals surface area contributed by atoms with Gasteiger partial charge in [0, 0.05) is 23.1 Å². The van der Waals surface area contributed by atoms with Crippen LogP contribution in [0.25, 0.3) is 10.9 Å². The maximum Gasteiger partial charge on any atom is 0.128 e. The van der Waals surface area contributed by atoms with Crippen LogP contribution in [0.5, 0.6) is 0 Å². The van der Waals surface area contributed by atoms with Crippen LogP contribution in [0.15, 0.2) is 59.7 Å². The molecule has 0 saturated heterocycles. The molecule has 0 radical (unpaired) electrons. The second kappa shape index (κ2) is 6.05. The zero-order chi connectivity index (χ0) is 16.4. The van der Waals surface area contributed by atoms with Gasteiger partial charge >= 0.3 is 0 Å². The Labute approximate surface area is 140 Å². The molecule has 4 nitrogen and oxygen atoms in total. The molecule has 24 heavy (non-hydrogen) atoms. The first-order valence-electron chi connectivity index (χ1n) is 7.85. The van der Waals surface area contributed by atoms with Crippen LogP contribution in [0.4, 0.5) is 5.69 Å². The lowest BCUT2D eigenvalue weighted by Gasteiger charge is -2.03. The summed E-state index contributed by atoms with van der Waals surface area (Å²) in [7, 11) is 0. The lowest BCUT2D eigenvalue weighted by atomic mass is 10.1. The highest BCUT2D eigenvalue weighted by atomic mass is 15.1. The highest BCUT2D eigenvalue weighted by Crippen LogP contribution is 2.21. The fourth-order valence-electron chi connectivity index (χ4n) is 2.73. The predicted molar refractivity (Wildman–Crippen MR) is 98.0 cm³/mol. The Morgan fingerprint density at radius 3 is 2.62 bits per heavy atom. The summed E-state index contributed by atoms with van der Waals surface area (Å²) in [5, 5.41) is 4.25. The number of nitrogens with two attached hydrogens (primary N) is 1. The lowest BCUT2D eigenvalue weighted by molar-refractivity contribution is 0.960. The van der Waals surface area contributed by atoms with E-state index in [1.54, 1.807) is 6.20 Å². The standard InChI is InChI=1S/C20H16N4/c21-18-13-24-19-4-2-1-3-17(19)16(18)10-7-14-5-8-15(9-6-14)20-22-11-12-23-20/h1-6,8-9,13H,11-12,21H2,(H,22,23). The number of aromatic nitrogens is 1. The maximum absolute atomic E-state index is 6.07. The molecule has 1 aliphatic rings. The largest absolute Gasteiger partial charge is 0.396 e. The molecule has 0 unspecified atom stereocenters. The second-order valence-electron chi connectivity index (χ2n) is 5.59. The van der Waals surface area contributed by atoms with Gasteiger partial charge < -0.3 is 11.1 Å². The molecule has 2 heterocycles. The van der Waals surface area contributed by atoms with E-state index in [0.29, 0.717) is 5.69 Å². The van der Waals surface area contributed by atoms with Crippen LogP contribution >= 0.6 is 0 Å². The molecule has 0 aliphatic carbocycles. The highest BCUT2D eigenvalue weighted by Gasteiger charge is 2.07. The van der Waals surface area contributed by atoms with Gasteiger partial charge in [0.25, 0.3) is 0 Å². The molecule has 4 rings (SSSR count). The number of amidine groups is 1. The quantitative estimate of drug-likeness (QED) is 0.679. The SMILES string of the molecule is Nc1cnc2ccccc2c1C#Cc1ccc(C2=NCCN2)cc1. The van der Waals surface area contributed by atoms with Gasteiger partial charge in [-0.1, -0.05) is 42.2 Å². The van der Waals surface area contributed by atoms with E-state index in [1.807, 2.05) is 48.5 Å². The van der Waals surface area contributed by atoms with Gasteiger partial charge in [-0.05, 0) is 18.2 Å². The van der Waals surface area contributed by atoms with Gasteiger partial charge in [-0.15, -0.1) is 0 Å². The molecule has 0 amide bonds. The van der Waals surface area contributed by atoms with Crippen molar-refractivity contribution in [3.63, 3.8) is 0 Å². The number of benzene rings is 2. The average Bonchev–Trinajstić information content (AvgIpc) is 3.16. The molecule has 0 spiro atoms. The minimum atomic E-state index is 0.599. The molecule has 116 valence electrons. The van der Waals surface area contributed by atoms with E-state index in [1.165, 1.54) is 0 Å². The summed E-state index contributed by atoms with van der Waals surface area (Å²) in [5.74, 6) is 7.35. The van der Waals surface area contributed by atoms with Gasteiger partial charge in [0.2, 0.25) is 0 Å². The fraction of sp³-hybridized carbons (Fsp3) is 0.100. The molecule has 1 aromatic heterocycles. The van der Waals surface area contributed by atoms with Crippen LogP contribution in [-0.4, -0.2) is 23.9 Å². The van der Waals surface area contributed by atoms with Gasteiger partial charge in [-0.25, -0.2) is 0 Å². The number of fused-ring (bicyclic) bond motifs is 1. The second-order valence-corrected chi connectivity index (χ2v) is 5.59. The zero-order valence-electron chi connectivity index (χ0n) is 13.1. The molecule has 3 N–H and O–H groups in total. The van der Waals surface area contributed by atoms with Crippen LogP contribution in [-0.2, 0) is 0 Å².